The van der Waals surface area contributed by atoms with Crippen molar-refractivity contribution in [3.05, 3.63) is 89.0 Å². The second-order valence-electron chi connectivity index (χ2n) is 5.47. The third-order valence-electron chi connectivity index (χ3n) is 4.04. The Kier molecular flexibility index (Phi) is 2.67. The molecule has 0 amide bonds. The summed E-state index contributed by atoms with van der Waals surface area (Å²) in [6.45, 7) is 0. The fourth-order valence-corrected chi connectivity index (χ4v) is 3.16. The summed E-state index contributed by atoms with van der Waals surface area (Å²) in [7, 11) is 0. The van der Waals surface area contributed by atoms with E-state index in [1.165, 1.54) is 33.0 Å². The predicted octanol–water partition coefficient (Wildman–Crippen LogP) is 5.00. The van der Waals surface area contributed by atoms with Crippen LogP contribution in [-0.4, -0.2) is 0 Å². The highest BCUT2D eigenvalue weighted by atomic mass is 14.1. The van der Waals surface area contributed by atoms with Crippen LogP contribution in [0.15, 0.2) is 66.7 Å². The molecule has 0 heterocycles. The maximum atomic E-state index is 2.38. The molecule has 3 aromatic rings. The molecule has 0 aromatic heterocycles. The van der Waals surface area contributed by atoms with Gasteiger partial charge in [0.2, 0.25) is 0 Å². The van der Waals surface area contributed by atoms with Crippen molar-refractivity contribution >= 4 is 16.8 Å². The smallest absolute Gasteiger partial charge is 0.00254 e. The zero-order chi connectivity index (χ0) is 13.4. The zero-order valence-corrected chi connectivity index (χ0v) is 11.3. The SMILES string of the molecule is C1=Cc2cccc3cc(Cc4ccccc4)cc(c23)C1. The number of allylic oxidation sites excluding steroid dienone is 1. The molecular formula is C20H16. The normalized spacial score (nSPS) is 12.8. The van der Waals surface area contributed by atoms with Gasteiger partial charge in [-0.2, -0.15) is 0 Å². The van der Waals surface area contributed by atoms with Gasteiger partial charge < -0.3 is 0 Å². The molecule has 0 saturated heterocycles. The van der Waals surface area contributed by atoms with Gasteiger partial charge >= 0.3 is 0 Å². The molecule has 0 aliphatic heterocycles. The van der Waals surface area contributed by atoms with E-state index in [0.29, 0.717) is 0 Å². The molecule has 0 atom stereocenters. The van der Waals surface area contributed by atoms with Crippen LogP contribution in [0.25, 0.3) is 16.8 Å². The summed E-state index contributed by atoms with van der Waals surface area (Å²) in [5, 5.41) is 2.81. The van der Waals surface area contributed by atoms with Gasteiger partial charge in [-0.05, 0) is 45.9 Å². The van der Waals surface area contributed by atoms with Gasteiger partial charge in [0, 0.05) is 0 Å². The summed E-state index contributed by atoms with van der Waals surface area (Å²) >= 11 is 0. The molecule has 0 radical (unpaired) electrons. The highest BCUT2D eigenvalue weighted by Crippen LogP contribution is 2.30. The number of hydrogen-bond donors (Lipinski definition) is 0. The van der Waals surface area contributed by atoms with Crippen LogP contribution in [0.1, 0.15) is 22.3 Å². The van der Waals surface area contributed by atoms with Crippen molar-refractivity contribution in [1.82, 2.24) is 0 Å². The van der Waals surface area contributed by atoms with Crippen LogP contribution in [0.5, 0.6) is 0 Å². The van der Waals surface area contributed by atoms with Crippen LogP contribution >= 0.6 is 0 Å². The molecule has 0 heteroatoms. The van der Waals surface area contributed by atoms with Crippen molar-refractivity contribution in [3.8, 4) is 0 Å². The first kappa shape index (κ1) is 11.5. The average Bonchev–Trinajstić information content (AvgIpc) is 2.49. The Balaban J connectivity index is 1.84. The van der Waals surface area contributed by atoms with Crippen LogP contribution in [0.4, 0.5) is 0 Å². The summed E-state index contributed by atoms with van der Waals surface area (Å²) in [5.41, 5.74) is 5.61. The van der Waals surface area contributed by atoms with E-state index in [0.717, 1.165) is 12.8 Å². The molecule has 96 valence electrons. The van der Waals surface area contributed by atoms with Crippen molar-refractivity contribution in [3.63, 3.8) is 0 Å². The number of rotatable bonds is 2. The molecule has 0 saturated carbocycles. The Morgan fingerprint density at radius 1 is 0.800 bits per heavy atom. The molecule has 1 aliphatic rings. The first-order valence-electron chi connectivity index (χ1n) is 7.15. The van der Waals surface area contributed by atoms with Gasteiger partial charge in [-0.25, -0.2) is 0 Å². The minimum absolute atomic E-state index is 1.01. The van der Waals surface area contributed by atoms with Gasteiger partial charge in [-0.3, -0.25) is 0 Å². The molecule has 20 heavy (non-hydrogen) atoms. The van der Waals surface area contributed by atoms with Gasteiger partial charge in [0.25, 0.3) is 0 Å². The Labute approximate surface area is 119 Å². The van der Waals surface area contributed by atoms with E-state index in [1.807, 2.05) is 0 Å². The fraction of sp³-hybridized carbons (Fsp3) is 0.100. The lowest BCUT2D eigenvalue weighted by Gasteiger charge is -2.15. The van der Waals surface area contributed by atoms with Gasteiger partial charge in [-0.1, -0.05) is 72.8 Å². The lowest BCUT2D eigenvalue weighted by Crippen LogP contribution is -1.96. The standard InChI is InChI=1S/C20H16/c1-2-6-15(7-3-1)12-16-13-18-10-4-8-17-9-5-11-19(14-16)20(17)18/h1-10,13-14H,11-12H2. The largest absolute Gasteiger partial charge is 0.0795 e. The van der Waals surface area contributed by atoms with Crippen molar-refractivity contribution in [2.24, 2.45) is 0 Å². The maximum Gasteiger partial charge on any atom is -0.00254 e. The predicted molar refractivity (Wildman–Crippen MR) is 85.9 cm³/mol. The van der Waals surface area contributed by atoms with Crippen molar-refractivity contribution < 1.29 is 0 Å². The third-order valence-corrected chi connectivity index (χ3v) is 4.04. The van der Waals surface area contributed by atoms with Gasteiger partial charge in [-0.15, -0.1) is 0 Å². The first-order valence-corrected chi connectivity index (χ1v) is 7.15. The number of hydrogen-bond acceptors (Lipinski definition) is 0. The Morgan fingerprint density at radius 2 is 1.70 bits per heavy atom. The minimum atomic E-state index is 1.01. The highest BCUT2D eigenvalue weighted by Gasteiger charge is 2.10. The third kappa shape index (κ3) is 1.94. The summed E-state index contributed by atoms with van der Waals surface area (Å²) < 4.78 is 0. The molecule has 3 aromatic carbocycles. The molecule has 0 bridgehead atoms. The van der Waals surface area contributed by atoms with Crippen molar-refractivity contribution in [2.75, 3.05) is 0 Å². The second-order valence-corrected chi connectivity index (χ2v) is 5.47. The van der Waals surface area contributed by atoms with E-state index >= 15 is 0 Å². The van der Waals surface area contributed by atoms with E-state index in [-0.39, 0.29) is 0 Å². The number of benzene rings is 3. The van der Waals surface area contributed by atoms with E-state index in [9.17, 15) is 0 Å². The first-order chi connectivity index (χ1) is 9.90. The van der Waals surface area contributed by atoms with Crippen LogP contribution in [-0.2, 0) is 12.8 Å². The lowest BCUT2D eigenvalue weighted by atomic mass is 9.90. The molecule has 0 spiro atoms. The second kappa shape index (κ2) is 4.64. The molecule has 4 rings (SSSR count). The molecule has 0 unspecified atom stereocenters. The van der Waals surface area contributed by atoms with E-state index in [1.54, 1.807) is 0 Å². The van der Waals surface area contributed by atoms with Crippen LogP contribution in [0.2, 0.25) is 0 Å². The average molecular weight is 256 g/mol. The van der Waals surface area contributed by atoms with Gasteiger partial charge in [0.05, 0.1) is 0 Å². The molecular weight excluding hydrogens is 240 g/mol. The van der Waals surface area contributed by atoms with Crippen LogP contribution < -0.4 is 0 Å². The van der Waals surface area contributed by atoms with Crippen molar-refractivity contribution in [2.45, 2.75) is 12.8 Å². The Hall–Kier alpha value is -2.34. The molecule has 0 fully saturated rings. The monoisotopic (exact) mass is 256 g/mol. The van der Waals surface area contributed by atoms with E-state index in [2.05, 4.69) is 72.8 Å². The maximum absolute atomic E-state index is 2.38. The lowest BCUT2D eigenvalue weighted by molar-refractivity contribution is 1.17. The van der Waals surface area contributed by atoms with Crippen molar-refractivity contribution in [1.29, 1.82) is 0 Å². The van der Waals surface area contributed by atoms with E-state index in [4.69, 9.17) is 0 Å². The summed E-state index contributed by atoms with van der Waals surface area (Å²) in [5.74, 6) is 0. The quantitative estimate of drug-likeness (QED) is 0.605. The highest BCUT2D eigenvalue weighted by molar-refractivity contribution is 5.95. The summed E-state index contributed by atoms with van der Waals surface area (Å²) in [4.78, 5) is 0. The minimum Gasteiger partial charge on any atom is -0.0795 e. The Morgan fingerprint density at radius 3 is 2.60 bits per heavy atom. The zero-order valence-electron chi connectivity index (χ0n) is 11.3. The molecule has 1 aliphatic carbocycles. The fourth-order valence-electron chi connectivity index (χ4n) is 3.16. The summed E-state index contributed by atoms with van der Waals surface area (Å²) in [6.07, 6.45) is 6.57. The van der Waals surface area contributed by atoms with Gasteiger partial charge in [0.15, 0.2) is 0 Å². The topological polar surface area (TPSA) is 0 Å². The Bertz CT molecular complexity index is 795. The summed E-state index contributed by atoms with van der Waals surface area (Å²) in [6, 6.07) is 22.0. The van der Waals surface area contributed by atoms with Crippen LogP contribution in [0.3, 0.4) is 0 Å². The van der Waals surface area contributed by atoms with Crippen LogP contribution in [0, 0.1) is 0 Å². The van der Waals surface area contributed by atoms with Gasteiger partial charge in [0.1, 0.15) is 0 Å². The molecule has 0 N–H and O–H groups in total. The van der Waals surface area contributed by atoms with E-state index < -0.39 is 0 Å². The molecule has 0 nitrogen and oxygen atoms in total.